The molecule has 4 nitrogen and oxygen atoms in total. The number of hydrogen-bond acceptors (Lipinski definition) is 4. The second-order valence-corrected chi connectivity index (χ2v) is 7.03. The zero-order valence-corrected chi connectivity index (χ0v) is 13.0. The molecule has 0 radical (unpaired) electrons. The molecule has 0 unspecified atom stereocenters. The normalized spacial score (nSPS) is 11.6. The standard InChI is InChI=1S/C14H17NO3S2/c1-3-11-6-4-5-7-12(11)15-20(17,18)14-10(2)9-19-13(14)8-16/h4-7,9,15-16H,3,8H2,1-2H3. The molecule has 6 heteroatoms. The molecule has 20 heavy (non-hydrogen) atoms. The summed E-state index contributed by atoms with van der Waals surface area (Å²) in [6, 6.07) is 7.32. The van der Waals surface area contributed by atoms with Gasteiger partial charge in [0.25, 0.3) is 10.0 Å². The minimum absolute atomic E-state index is 0.191. The number of thiophene rings is 1. The van der Waals surface area contributed by atoms with Gasteiger partial charge in [0.05, 0.1) is 17.2 Å². The molecule has 0 spiro atoms. The molecule has 0 saturated heterocycles. The van der Waals surface area contributed by atoms with E-state index >= 15 is 0 Å². The Morgan fingerprint density at radius 1 is 1.30 bits per heavy atom. The van der Waals surface area contributed by atoms with Crippen LogP contribution in [0.1, 0.15) is 22.9 Å². The maximum absolute atomic E-state index is 12.5. The fourth-order valence-electron chi connectivity index (χ4n) is 2.08. The van der Waals surface area contributed by atoms with Gasteiger partial charge in [-0.2, -0.15) is 0 Å². The molecule has 1 heterocycles. The molecule has 0 aliphatic rings. The van der Waals surface area contributed by atoms with E-state index in [0.29, 0.717) is 16.1 Å². The van der Waals surface area contributed by atoms with Crippen molar-refractivity contribution < 1.29 is 13.5 Å². The Bertz CT molecular complexity index is 705. The smallest absolute Gasteiger partial charge is 0.263 e. The molecule has 108 valence electrons. The Morgan fingerprint density at radius 2 is 2.00 bits per heavy atom. The first-order valence-electron chi connectivity index (χ1n) is 6.28. The second-order valence-electron chi connectivity index (χ2n) is 4.45. The van der Waals surface area contributed by atoms with E-state index in [9.17, 15) is 13.5 Å². The Hall–Kier alpha value is -1.37. The number of anilines is 1. The first kappa shape index (κ1) is 15.0. The van der Waals surface area contributed by atoms with Gasteiger partial charge in [0.15, 0.2) is 0 Å². The van der Waals surface area contributed by atoms with Gasteiger partial charge in [-0.15, -0.1) is 11.3 Å². The second kappa shape index (κ2) is 5.95. The van der Waals surface area contributed by atoms with Gasteiger partial charge in [-0.05, 0) is 35.9 Å². The molecule has 0 bridgehead atoms. The van der Waals surface area contributed by atoms with Gasteiger partial charge in [-0.25, -0.2) is 8.42 Å². The molecule has 1 aromatic carbocycles. The molecule has 2 aromatic rings. The average molecular weight is 311 g/mol. The van der Waals surface area contributed by atoms with Gasteiger partial charge in [0.1, 0.15) is 4.90 Å². The number of para-hydroxylation sites is 1. The highest BCUT2D eigenvalue weighted by molar-refractivity contribution is 7.93. The Morgan fingerprint density at radius 3 is 2.65 bits per heavy atom. The molecule has 0 amide bonds. The van der Waals surface area contributed by atoms with Crippen molar-refractivity contribution in [2.45, 2.75) is 31.8 Å². The van der Waals surface area contributed by atoms with Crippen molar-refractivity contribution in [3.63, 3.8) is 0 Å². The van der Waals surface area contributed by atoms with Crippen LogP contribution < -0.4 is 4.72 Å². The lowest BCUT2D eigenvalue weighted by Crippen LogP contribution is -2.16. The first-order valence-corrected chi connectivity index (χ1v) is 8.64. The fourth-order valence-corrected chi connectivity index (χ4v) is 4.85. The third-order valence-electron chi connectivity index (χ3n) is 3.04. The lowest BCUT2D eigenvalue weighted by molar-refractivity contribution is 0.282. The monoisotopic (exact) mass is 311 g/mol. The lowest BCUT2D eigenvalue weighted by Gasteiger charge is -2.12. The van der Waals surface area contributed by atoms with E-state index in [1.807, 2.05) is 19.1 Å². The van der Waals surface area contributed by atoms with Crippen LogP contribution in [0.15, 0.2) is 34.5 Å². The quantitative estimate of drug-likeness (QED) is 0.892. The Balaban J connectivity index is 2.44. The molecule has 2 N–H and O–H groups in total. The van der Waals surface area contributed by atoms with Crippen LogP contribution in [0.5, 0.6) is 0 Å². The summed E-state index contributed by atoms with van der Waals surface area (Å²) in [6.07, 6.45) is 0.744. The van der Waals surface area contributed by atoms with E-state index in [1.165, 1.54) is 11.3 Å². The van der Waals surface area contributed by atoms with Crippen molar-refractivity contribution in [2.75, 3.05) is 4.72 Å². The van der Waals surface area contributed by atoms with Gasteiger partial charge >= 0.3 is 0 Å². The van der Waals surface area contributed by atoms with Crippen LogP contribution in [0.2, 0.25) is 0 Å². The number of nitrogens with one attached hydrogen (secondary N) is 1. The highest BCUT2D eigenvalue weighted by Gasteiger charge is 2.23. The van der Waals surface area contributed by atoms with Crippen LogP contribution in [-0.2, 0) is 23.1 Å². The predicted molar refractivity (Wildman–Crippen MR) is 81.6 cm³/mol. The topological polar surface area (TPSA) is 66.4 Å². The molecule has 0 aliphatic carbocycles. The number of rotatable bonds is 5. The van der Waals surface area contributed by atoms with Crippen molar-refractivity contribution >= 4 is 27.0 Å². The van der Waals surface area contributed by atoms with E-state index in [4.69, 9.17) is 0 Å². The number of aliphatic hydroxyl groups is 1. The van der Waals surface area contributed by atoms with Gasteiger partial charge < -0.3 is 5.11 Å². The summed E-state index contributed by atoms with van der Waals surface area (Å²) in [6.45, 7) is 3.43. The van der Waals surface area contributed by atoms with Crippen LogP contribution >= 0.6 is 11.3 Å². The van der Waals surface area contributed by atoms with Crippen molar-refractivity contribution in [3.05, 3.63) is 45.6 Å². The van der Waals surface area contributed by atoms with E-state index < -0.39 is 10.0 Å². The molecule has 0 aliphatic heterocycles. The number of benzene rings is 1. The third-order valence-corrected chi connectivity index (χ3v) is 5.86. The minimum Gasteiger partial charge on any atom is -0.391 e. The lowest BCUT2D eigenvalue weighted by atomic mass is 10.1. The zero-order valence-electron chi connectivity index (χ0n) is 11.4. The summed E-state index contributed by atoms with van der Waals surface area (Å²) in [4.78, 5) is 0.653. The molecular weight excluding hydrogens is 294 g/mol. The average Bonchev–Trinajstić information content (AvgIpc) is 2.81. The molecule has 0 saturated carbocycles. The number of hydrogen-bond donors (Lipinski definition) is 2. The number of aryl methyl sites for hydroxylation is 2. The van der Waals surface area contributed by atoms with Crippen LogP contribution in [0, 0.1) is 6.92 Å². The minimum atomic E-state index is -3.68. The Kier molecular flexibility index (Phi) is 4.47. The maximum atomic E-state index is 12.5. The van der Waals surface area contributed by atoms with Crippen molar-refractivity contribution in [1.29, 1.82) is 0 Å². The summed E-state index contributed by atoms with van der Waals surface area (Å²) in [7, 11) is -3.68. The van der Waals surface area contributed by atoms with Gasteiger partial charge in [0.2, 0.25) is 0 Å². The van der Waals surface area contributed by atoms with Crippen molar-refractivity contribution in [3.8, 4) is 0 Å². The maximum Gasteiger partial charge on any atom is 0.263 e. The summed E-state index contributed by atoms with van der Waals surface area (Å²) >= 11 is 1.25. The highest BCUT2D eigenvalue weighted by Crippen LogP contribution is 2.29. The summed E-state index contributed by atoms with van der Waals surface area (Å²) in [5.41, 5.74) is 2.18. The summed E-state index contributed by atoms with van der Waals surface area (Å²) in [5, 5.41) is 11.0. The van der Waals surface area contributed by atoms with Gasteiger partial charge in [-0.1, -0.05) is 25.1 Å². The first-order chi connectivity index (χ1) is 9.49. The summed E-state index contributed by atoms with van der Waals surface area (Å²) < 4.78 is 27.7. The molecule has 0 atom stereocenters. The highest BCUT2D eigenvalue weighted by atomic mass is 32.2. The van der Waals surface area contributed by atoms with E-state index in [1.54, 1.807) is 24.4 Å². The molecule has 2 rings (SSSR count). The van der Waals surface area contributed by atoms with E-state index in [2.05, 4.69) is 4.72 Å². The van der Waals surface area contributed by atoms with Crippen LogP contribution in [0.4, 0.5) is 5.69 Å². The molecule has 1 aromatic heterocycles. The SMILES string of the molecule is CCc1ccccc1NS(=O)(=O)c1c(C)csc1CO. The fraction of sp³-hybridized carbons (Fsp3) is 0.286. The predicted octanol–water partition coefficient (Wildman–Crippen LogP) is 2.91. The number of aliphatic hydroxyl groups excluding tert-OH is 1. The number of sulfonamides is 1. The van der Waals surface area contributed by atoms with E-state index in [-0.39, 0.29) is 11.5 Å². The van der Waals surface area contributed by atoms with Gasteiger partial charge in [0, 0.05) is 0 Å². The Labute approximate surface area is 123 Å². The third kappa shape index (κ3) is 2.87. The summed E-state index contributed by atoms with van der Waals surface area (Å²) in [5.74, 6) is 0. The largest absolute Gasteiger partial charge is 0.391 e. The van der Waals surface area contributed by atoms with E-state index in [0.717, 1.165) is 12.0 Å². The van der Waals surface area contributed by atoms with Crippen LogP contribution in [0.3, 0.4) is 0 Å². The molecule has 0 fully saturated rings. The zero-order chi connectivity index (χ0) is 14.8. The van der Waals surface area contributed by atoms with Crippen LogP contribution in [0.25, 0.3) is 0 Å². The van der Waals surface area contributed by atoms with Gasteiger partial charge in [-0.3, -0.25) is 4.72 Å². The molecular formula is C14H17NO3S2. The van der Waals surface area contributed by atoms with Crippen LogP contribution in [-0.4, -0.2) is 13.5 Å². The van der Waals surface area contributed by atoms with Crippen molar-refractivity contribution in [1.82, 2.24) is 0 Å². The van der Waals surface area contributed by atoms with Crippen molar-refractivity contribution in [2.24, 2.45) is 0 Å².